The summed E-state index contributed by atoms with van der Waals surface area (Å²) in [6.07, 6.45) is 0. The molecule has 0 saturated carbocycles. The Bertz CT molecular complexity index is 311. The Morgan fingerprint density at radius 1 is 1.80 bits per heavy atom. The van der Waals surface area contributed by atoms with E-state index in [1.54, 1.807) is 0 Å². The average Bonchev–Trinajstić information content (AvgIpc) is 2.10. The van der Waals surface area contributed by atoms with Gasteiger partial charge in [0.15, 0.2) is 5.11 Å². The van der Waals surface area contributed by atoms with E-state index >= 15 is 0 Å². The van der Waals surface area contributed by atoms with Crippen molar-refractivity contribution in [2.75, 3.05) is 5.73 Å². The van der Waals surface area contributed by atoms with Crippen molar-refractivity contribution in [1.29, 1.82) is 0 Å². The first-order valence-corrected chi connectivity index (χ1v) is 2.89. The van der Waals surface area contributed by atoms with Gasteiger partial charge in [0.05, 0.1) is 0 Å². The molecule has 5 nitrogen and oxygen atoms in total. The van der Waals surface area contributed by atoms with Crippen molar-refractivity contribution >= 4 is 23.1 Å². The van der Waals surface area contributed by atoms with Gasteiger partial charge in [-0.25, -0.2) is 4.68 Å². The standard InChI is InChI=1S/C4H6N4OS/c5-2-1-3(9)7-8(2)4(6)10/h1H,5H2,(H2,6,10)(H,7,9). The van der Waals surface area contributed by atoms with E-state index in [4.69, 9.17) is 11.5 Å². The van der Waals surface area contributed by atoms with Crippen molar-refractivity contribution < 1.29 is 0 Å². The zero-order valence-electron chi connectivity index (χ0n) is 5.00. The number of hydrogen-bond acceptors (Lipinski definition) is 3. The van der Waals surface area contributed by atoms with Gasteiger partial charge >= 0.3 is 0 Å². The van der Waals surface area contributed by atoms with Gasteiger partial charge in [0.1, 0.15) is 5.82 Å². The van der Waals surface area contributed by atoms with Crippen LogP contribution in [0.25, 0.3) is 0 Å². The fraction of sp³-hybridized carbons (Fsp3) is 0. The van der Waals surface area contributed by atoms with E-state index in [9.17, 15) is 4.79 Å². The summed E-state index contributed by atoms with van der Waals surface area (Å²) in [6.45, 7) is 0. The summed E-state index contributed by atoms with van der Waals surface area (Å²) in [7, 11) is 0. The second-order valence-corrected chi connectivity index (χ2v) is 2.14. The Kier molecular flexibility index (Phi) is 1.46. The van der Waals surface area contributed by atoms with Crippen LogP contribution < -0.4 is 17.0 Å². The lowest BCUT2D eigenvalue weighted by Gasteiger charge is -1.98. The Labute approximate surface area is 61.6 Å². The topological polar surface area (TPSA) is 89.8 Å². The number of aromatic amines is 1. The number of aromatic nitrogens is 2. The molecule has 0 aliphatic rings. The molecule has 1 rings (SSSR count). The predicted molar refractivity (Wildman–Crippen MR) is 41.6 cm³/mol. The number of nitrogens with zero attached hydrogens (tertiary/aromatic N) is 1. The van der Waals surface area contributed by atoms with Gasteiger partial charge in [-0.05, 0) is 12.2 Å². The lowest BCUT2D eigenvalue weighted by molar-refractivity contribution is 0.929. The number of nitrogens with one attached hydrogen (secondary N) is 1. The number of H-pyrrole nitrogens is 1. The minimum absolute atomic E-state index is 0.0274. The van der Waals surface area contributed by atoms with Crippen molar-refractivity contribution in [2.24, 2.45) is 5.73 Å². The van der Waals surface area contributed by atoms with E-state index in [0.717, 1.165) is 4.68 Å². The van der Waals surface area contributed by atoms with Crippen LogP contribution in [0.1, 0.15) is 0 Å². The first-order chi connectivity index (χ1) is 4.61. The molecule has 0 spiro atoms. The summed E-state index contributed by atoms with van der Waals surface area (Å²) < 4.78 is 1.14. The van der Waals surface area contributed by atoms with Crippen molar-refractivity contribution in [2.45, 2.75) is 0 Å². The minimum Gasteiger partial charge on any atom is -0.383 e. The highest BCUT2D eigenvalue weighted by molar-refractivity contribution is 7.80. The summed E-state index contributed by atoms with van der Waals surface area (Å²) in [5.41, 5.74) is 10.2. The van der Waals surface area contributed by atoms with Crippen LogP contribution in [0.3, 0.4) is 0 Å². The predicted octanol–water partition coefficient (Wildman–Crippen LogP) is -1.15. The van der Waals surface area contributed by atoms with Crippen LogP contribution in [-0.2, 0) is 0 Å². The van der Waals surface area contributed by atoms with E-state index in [0.29, 0.717) is 0 Å². The number of anilines is 1. The molecule has 0 aliphatic heterocycles. The third kappa shape index (κ3) is 1.01. The second kappa shape index (κ2) is 2.14. The molecule has 54 valence electrons. The molecule has 0 aromatic carbocycles. The molecule has 0 fully saturated rings. The molecule has 0 saturated heterocycles. The first kappa shape index (κ1) is 6.81. The largest absolute Gasteiger partial charge is 0.383 e. The van der Waals surface area contributed by atoms with Crippen molar-refractivity contribution in [3.05, 3.63) is 16.4 Å². The summed E-state index contributed by atoms with van der Waals surface area (Å²) in [6, 6.07) is 1.21. The van der Waals surface area contributed by atoms with Crippen LogP contribution in [0.2, 0.25) is 0 Å². The van der Waals surface area contributed by atoms with E-state index in [1.165, 1.54) is 6.07 Å². The maximum absolute atomic E-state index is 10.5. The smallest absolute Gasteiger partial charge is 0.266 e. The fourth-order valence-corrected chi connectivity index (χ4v) is 0.739. The fourth-order valence-electron chi connectivity index (χ4n) is 0.588. The van der Waals surface area contributed by atoms with Crippen LogP contribution in [0.4, 0.5) is 5.82 Å². The van der Waals surface area contributed by atoms with Gasteiger partial charge in [-0.2, -0.15) is 0 Å². The van der Waals surface area contributed by atoms with Crippen molar-refractivity contribution in [3.63, 3.8) is 0 Å². The van der Waals surface area contributed by atoms with Crippen LogP contribution in [0.5, 0.6) is 0 Å². The number of nitrogens with two attached hydrogens (primary N) is 2. The Hall–Kier alpha value is -1.30. The summed E-state index contributed by atoms with van der Waals surface area (Å²) in [5, 5.41) is 2.34. The van der Waals surface area contributed by atoms with Crippen LogP contribution in [0, 0.1) is 0 Å². The average molecular weight is 158 g/mol. The Balaban J connectivity index is 3.28. The number of hydrogen-bond donors (Lipinski definition) is 3. The zero-order valence-corrected chi connectivity index (χ0v) is 5.81. The quantitative estimate of drug-likeness (QED) is 0.416. The molecule has 6 heteroatoms. The monoisotopic (exact) mass is 158 g/mol. The highest BCUT2D eigenvalue weighted by Gasteiger charge is 1.99. The lowest BCUT2D eigenvalue weighted by atomic mass is 10.6. The molecule has 1 aromatic heterocycles. The summed E-state index contributed by atoms with van der Waals surface area (Å²) >= 11 is 4.55. The Morgan fingerprint density at radius 3 is 2.60 bits per heavy atom. The number of nitrogen functional groups attached to an aromatic ring is 1. The minimum atomic E-state index is -0.315. The van der Waals surface area contributed by atoms with Gasteiger partial charge in [0.25, 0.3) is 5.56 Å². The lowest BCUT2D eigenvalue weighted by Crippen LogP contribution is -2.23. The molecule has 10 heavy (non-hydrogen) atoms. The van der Waals surface area contributed by atoms with Gasteiger partial charge in [-0.3, -0.25) is 9.89 Å². The molecule has 0 unspecified atom stereocenters. The van der Waals surface area contributed by atoms with E-state index in [1.807, 2.05) is 0 Å². The number of rotatable bonds is 0. The maximum atomic E-state index is 10.5. The molecule has 0 bridgehead atoms. The third-order valence-corrected chi connectivity index (χ3v) is 1.16. The van der Waals surface area contributed by atoms with Gasteiger partial charge in [0.2, 0.25) is 0 Å². The molecule has 5 N–H and O–H groups in total. The van der Waals surface area contributed by atoms with Crippen molar-refractivity contribution in [3.8, 4) is 0 Å². The molecular formula is C4H6N4OS. The highest BCUT2D eigenvalue weighted by Crippen LogP contribution is 1.92. The first-order valence-electron chi connectivity index (χ1n) is 2.48. The molecule has 0 aliphatic carbocycles. The normalized spacial score (nSPS) is 9.60. The summed E-state index contributed by atoms with van der Waals surface area (Å²) in [5.74, 6) is 0.220. The molecule has 1 heterocycles. The van der Waals surface area contributed by atoms with E-state index in [-0.39, 0.29) is 16.5 Å². The van der Waals surface area contributed by atoms with E-state index < -0.39 is 0 Å². The molecule has 0 amide bonds. The SMILES string of the molecule is NC(=S)n1[nH]c(=O)cc1N. The molecule has 0 atom stereocenters. The van der Waals surface area contributed by atoms with Crippen LogP contribution >= 0.6 is 12.2 Å². The van der Waals surface area contributed by atoms with Gasteiger partial charge in [0, 0.05) is 6.07 Å². The molecule has 0 radical (unpaired) electrons. The molecular weight excluding hydrogens is 152 g/mol. The third-order valence-electron chi connectivity index (χ3n) is 0.980. The van der Waals surface area contributed by atoms with E-state index in [2.05, 4.69) is 17.3 Å². The highest BCUT2D eigenvalue weighted by atomic mass is 32.1. The van der Waals surface area contributed by atoms with Crippen LogP contribution in [0.15, 0.2) is 10.9 Å². The zero-order chi connectivity index (χ0) is 7.72. The number of thiocarbonyl (C=S) groups is 1. The second-order valence-electron chi connectivity index (χ2n) is 1.72. The maximum Gasteiger partial charge on any atom is 0.266 e. The summed E-state index contributed by atoms with van der Waals surface area (Å²) in [4.78, 5) is 10.5. The van der Waals surface area contributed by atoms with Crippen LogP contribution in [-0.4, -0.2) is 14.9 Å². The molecule has 1 aromatic rings. The Morgan fingerprint density at radius 2 is 2.40 bits per heavy atom. The van der Waals surface area contributed by atoms with Gasteiger partial charge < -0.3 is 11.5 Å². The van der Waals surface area contributed by atoms with Gasteiger partial charge in [-0.1, -0.05) is 0 Å². The van der Waals surface area contributed by atoms with Crippen molar-refractivity contribution in [1.82, 2.24) is 9.78 Å². The van der Waals surface area contributed by atoms with Gasteiger partial charge in [-0.15, -0.1) is 0 Å².